The zero-order valence-corrected chi connectivity index (χ0v) is 8.39. The van der Waals surface area contributed by atoms with Gasteiger partial charge in [-0.15, -0.1) is 0 Å². The van der Waals surface area contributed by atoms with Crippen LogP contribution in [0.1, 0.15) is 40.5 Å². The average molecular weight is 161 g/mol. The summed E-state index contributed by atoms with van der Waals surface area (Å²) in [6.45, 7) is 9.72. The molecule has 0 heterocycles. The maximum absolute atomic E-state index is 5.29. The molecule has 0 spiro atoms. The van der Waals surface area contributed by atoms with Gasteiger partial charge in [0, 0.05) is 6.61 Å². The Hall–Kier alpha value is -0.0800. The van der Waals surface area contributed by atoms with E-state index in [0.717, 1.165) is 26.0 Å². The second kappa shape index (κ2) is 12.6. The summed E-state index contributed by atoms with van der Waals surface area (Å²) in [5.74, 6) is 0. The van der Waals surface area contributed by atoms with E-state index in [2.05, 4.69) is 0 Å². The van der Waals surface area contributed by atoms with Gasteiger partial charge in [-0.3, -0.25) is 0 Å². The van der Waals surface area contributed by atoms with Crippen LogP contribution in [0.15, 0.2) is 0 Å². The first-order chi connectivity index (χ1) is 5.27. The van der Waals surface area contributed by atoms with Crippen LogP contribution in [0.3, 0.4) is 0 Å². The van der Waals surface area contributed by atoms with Crippen molar-refractivity contribution in [2.75, 3.05) is 13.2 Å². The van der Waals surface area contributed by atoms with E-state index < -0.39 is 0 Å². The van der Waals surface area contributed by atoms with Crippen LogP contribution in [-0.2, 0) is 4.74 Å². The highest BCUT2D eigenvalue weighted by atomic mass is 16.5. The molecule has 0 fully saturated rings. The standard InChI is InChI=1S/C7H17NO.C2H6/c1-7(2)9-6-4-3-5-8;1-2/h7H,3-6,8H2,1-2H3;1-2H3. The molecule has 0 aromatic carbocycles. The van der Waals surface area contributed by atoms with Crippen molar-refractivity contribution in [1.82, 2.24) is 0 Å². The van der Waals surface area contributed by atoms with Crippen LogP contribution in [0, 0.1) is 0 Å². The van der Waals surface area contributed by atoms with Crippen LogP contribution >= 0.6 is 0 Å². The molecule has 0 rings (SSSR count). The molecule has 0 aliphatic heterocycles. The Kier molecular flexibility index (Phi) is 15.4. The Labute approximate surface area is 71.1 Å². The molecular formula is C9H23NO. The number of hydrogen-bond donors (Lipinski definition) is 1. The van der Waals surface area contributed by atoms with Crippen molar-refractivity contribution in [2.24, 2.45) is 5.73 Å². The van der Waals surface area contributed by atoms with E-state index in [1.807, 2.05) is 27.7 Å². The fourth-order valence-corrected chi connectivity index (χ4v) is 0.565. The third kappa shape index (κ3) is 17.8. The molecule has 0 aliphatic rings. The van der Waals surface area contributed by atoms with E-state index >= 15 is 0 Å². The molecule has 0 amide bonds. The molecule has 0 radical (unpaired) electrons. The zero-order valence-electron chi connectivity index (χ0n) is 8.39. The quantitative estimate of drug-likeness (QED) is 0.627. The lowest BCUT2D eigenvalue weighted by molar-refractivity contribution is 0.0763. The molecule has 0 saturated heterocycles. The van der Waals surface area contributed by atoms with E-state index in [0.29, 0.717) is 6.10 Å². The summed E-state index contributed by atoms with van der Waals surface area (Å²) in [6, 6.07) is 0. The van der Waals surface area contributed by atoms with Gasteiger partial charge in [-0.25, -0.2) is 0 Å². The monoisotopic (exact) mass is 161 g/mol. The third-order valence-corrected chi connectivity index (χ3v) is 1.05. The van der Waals surface area contributed by atoms with Gasteiger partial charge in [-0.1, -0.05) is 13.8 Å². The van der Waals surface area contributed by atoms with E-state index in [1.54, 1.807) is 0 Å². The average Bonchev–Trinajstić information content (AvgIpc) is 2.02. The molecule has 2 heteroatoms. The van der Waals surface area contributed by atoms with Gasteiger partial charge in [-0.05, 0) is 33.2 Å². The lowest BCUT2D eigenvalue weighted by Crippen LogP contribution is -2.06. The summed E-state index contributed by atoms with van der Waals surface area (Å²) < 4.78 is 5.29. The Morgan fingerprint density at radius 1 is 1.18 bits per heavy atom. The highest BCUT2D eigenvalue weighted by molar-refractivity contribution is 4.41. The molecule has 11 heavy (non-hydrogen) atoms. The van der Waals surface area contributed by atoms with Crippen LogP contribution in [0.25, 0.3) is 0 Å². The van der Waals surface area contributed by atoms with Crippen LogP contribution in [0.2, 0.25) is 0 Å². The summed E-state index contributed by atoms with van der Waals surface area (Å²) in [5.41, 5.74) is 5.29. The van der Waals surface area contributed by atoms with Crippen molar-refractivity contribution in [3.63, 3.8) is 0 Å². The number of rotatable bonds is 5. The van der Waals surface area contributed by atoms with E-state index in [1.165, 1.54) is 0 Å². The number of nitrogens with two attached hydrogens (primary N) is 1. The van der Waals surface area contributed by atoms with Crippen molar-refractivity contribution in [2.45, 2.75) is 46.6 Å². The minimum absolute atomic E-state index is 0.364. The lowest BCUT2D eigenvalue weighted by atomic mass is 10.3. The molecule has 70 valence electrons. The van der Waals surface area contributed by atoms with Crippen molar-refractivity contribution >= 4 is 0 Å². The first-order valence-corrected chi connectivity index (χ1v) is 4.59. The summed E-state index contributed by atoms with van der Waals surface area (Å²) >= 11 is 0. The smallest absolute Gasteiger partial charge is 0.0518 e. The number of unbranched alkanes of at least 4 members (excludes halogenated alkanes) is 1. The summed E-state index contributed by atoms with van der Waals surface area (Å²) in [4.78, 5) is 0. The molecule has 2 N–H and O–H groups in total. The first kappa shape index (κ1) is 13.5. The van der Waals surface area contributed by atoms with E-state index in [4.69, 9.17) is 10.5 Å². The van der Waals surface area contributed by atoms with Crippen molar-refractivity contribution in [3.05, 3.63) is 0 Å². The SMILES string of the molecule is CC.CC(C)OCCCCN. The van der Waals surface area contributed by atoms with Gasteiger partial charge in [0.25, 0.3) is 0 Å². The fraction of sp³-hybridized carbons (Fsp3) is 1.00. The minimum atomic E-state index is 0.364. The molecule has 0 unspecified atom stereocenters. The maximum atomic E-state index is 5.29. The molecule has 0 saturated carbocycles. The Morgan fingerprint density at radius 2 is 1.73 bits per heavy atom. The van der Waals surface area contributed by atoms with Crippen LogP contribution in [0.5, 0.6) is 0 Å². The van der Waals surface area contributed by atoms with Crippen molar-refractivity contribution in [1.29, 1.82) is 0 Å². The Balaban J connectivity index is 0. The molecule has 0 bridgehead atoms. The van der Waals surface area contributed by atoms with E-state index in [-0.39, 0.29) is 0 Å². The molecular weight excluding hydrogens is 138 g/mol. The maximum Gasteiger partial charge on any atom is 0.0518 e. The highest BCUT2D eigenvalue weighted by Gasteiger charge is 1.90. The summed E-state index contributed by atoms with van der Waals surface area (Å²) in [5, 5.41) is 0. The van der Waals surface area contributed by atoms with Gasteiger partial charge in [0.05, 0.1) is 6.10 Å². The van der Waals surface area contributed by atoms with Gasteiger partial charge in [0.2, 0.25) is 0 Å². The first-order valence-electron chi connectivity index (χ1n) is 4.59. The third-order valence-electron chi connectivity index (χ3n) is 1.05. The molecule has 0 aromatic rings. The van der Waals surface area contributed by atoms with Crippen LogP contribution in [0.4, 0.5) is 0 Å². The predicted octanol–water partition coefficient (Wildman–Crippen LogP) is 2.18. The predicted molar refractivity (Wildman–Crippen MR) is 50.7 cm³/mol. The van der Waals surface area contributed by atoms with Gasteiger partial charge in [-0.2, -0.15) is 0 Å². The second-order valence-electron chi connectivity index (χ2n) is 2.42. The largest absolute Gasteiger partial charge is 0.379 e. The van der Waals surface area contributed by atoms with Crippen molar-refractivity contribution in [3.8, 4) is 0 Å². The Morgan fingerprint density at radius 3 is 2.09 bits per heavy atom. The lowest BCUT2D eigenvalue weighted by Gasteiger charge is -2.05. The second-order valence-corrected chi connectivity index (χ2v) is 2.42. The minimum Gasteiger partial charge on any atom is -0.379 e. The fourth-order valence-electron chi connectivity index (χ4n) is 0.565. The Bertz CT molecular complexity index is 55.5. The highest BCUT2D eigenvalue weighted by Crippen LogP contribution is 1.91. The zero-order chi connectivity index (χ0) is 9.11. The topological polar surface area (TPSA) is 35.2 Å². The summed E-state index contributed by atoms with van der Waals surface area (Å²) in [7, 11) is 0. The van der Waals surface area contributed by atoms with Gasteiger partial charge >= 0.3 is 0 Å². The normalized spacial score (nSPS) is 9.27. The number of ether oxygens (including phenoxy) is 1. The van der Waals surface area contributed by atoms with Crippen LogP contribution < -0.4 is 5.73 Å². The molecule has 0 atom stereocenters. The van der Waals surface area contributed by atoms with Crippen molar-refractivity contribution < 1.29 is 4.74 Å². The number of hydrogen-bond acceptors (Lipinski definition) is 2. The van der Waals surface area contributed by atoms with Gasteiger partial charge in [0.1, 0.15) is 0 Å². The van der Waals surface area contributed by atoms with Gasteiger partial charge in [0.15, 0.2) is 0 Å². The summed E-state index contributed by atoms with van der Waals surface area (Å²) in [6.07, 6.45) is 2.53. The molecule has 2 nitrogen and oxygen atoms in total. The van der Waals surface area contributed by atoms with Crippen LogP contribution in [-0.4, -0.2) is 19.3 Å². The van der Waals surface area contributed by atoms with E-state index in [9.17, 15) is 0 Å². The molecule has 0 aliphatic carbocycles. The van der Waals surface area contributed by atoms with Gasteiger partial charge < -0.3 is 10.5 Å². The molecule has 0 aromatic heterocycles.